The topological polar surface area (TPSA) is 72.2 Å². The number of nitrogens with zero attached hydrogens (tertiary/aromatic N) is 4. The molecule has 9 heteroatoms. The smallest absolute Gasteiger partial charge is 0.250 e. The van der Waals surface area contributed by atoms with Gasteiger partial charge >= 0.3 is 0 Å². The van der Waals surface area contributed by atoms with Crippen molar-refractivity contribution in [2.45, 2.75) is 43.3 Å². The van der Waals surface area contributed by atoms with E-state index in [1.165, 1.54) is 37.2 Å². The fourth-order valence-corrected chi connectivity index (χ4v) is 5.01. The number of amides is 1. The average molecular weight is 514 g/mol. The highest BCUT2D eigenvalue weighted by Gasteiger charge is 2.24. The van der Waals surface area contributed by atoms with E-state index in [-0.39, 0.29) is 11.7 Å². The Balaban J connectivity index is 1.41. The van der Waals surface area contributed by atoms with Crippen LogP contribution >= 0.6 is 35.0 Å². The van der Waals surface area contributed by atoms with Crippen LogP contribution in [-0.2, 0) is 4.79 Å². The molecule has 1 saturated carbocycles. The van der Waals surface area contributed by atoms with E-state index in [1.54, 1.807) is 6.08 Å². The van der Waals surface area contributed by atoms with Crippen LogP contribution in [0, 0.1) is 0 Å². The van der Waals surface area contributed by atoms with Gasteiger partial charge in [-0.2, -0.15) is 5.10 Å². The largest absolute Gasteiger partial charge is 0.299 e. The van der Waals surface area contributed by atoms with Crippen LogP contribution in [-0.4, -0.2) is 32.6 Å². The van der Waals surface area contributed by atoms with Gasteiger partial charge in [-0.05, 0) is 48.7 Å². The fraction of sp³-hybridized carbons (Fsp3) is 0.280. The molecule has 2 aromatic carbocycles. The molecule has 1 aliphatic rings. The number of carbonyl (C=O) groups is 1. The maximum atomic E-state index is 12.4. The first-order chi connectivity index (χ1) is 16.6. The molecule has 34 heavy (non-hydrogen) atoms. The molecule has 1 aromatic heterocycles. The number of aromatic nitrogens is 3. The van der Waals surface area contributed by atoms with E-state index in [1.807, 2.05) is 54.6 Å². The number of rotatable bonds is 8. The van der Waals surface area contributed by atoms with Crippen LogP contribution in [0.1, 0.15) is 43.7 Å². The summed E-state index contributed by atoms with van der Waals surface area (Å²) in [5.74, 6) is 0.738. The first-order valence-corrected chi connectivity index (χ1v) is 12.9. The van der Waals surface area contributed by atoms with Gasteiger partial charge in [0, 0.05) is 16.6 Å². The van der Waals surface area contributed by atoms with Crippen molar-refractivity contribution in [3.05, 3.63) is 70.2 Å². The molecule has 1 N–H and O–H groups in total. The number of carbonyl (C=O) groups excluding carboxylic acids is 1. The van der Waals surface area contributed by atoms with E-state index < -0.39 is 0 Å². The molecule has 3 aromatic rings. The Kier molecular flexibility index (Phi) is 8.79. The summed E-state index contributed by atoms with van der Waals surface area (Å²) < 4.78 is 2.18. The Bertz CT molecular complexity index is 1160. The highest BCUT2D eigenvalue weighted by molar-refractivity contribution is 7.99. The molecule has 4 rings (SSSR count). The second kappa shape index (κ2) is 12.2. The van der Waals surface area contributed by atoms with Crippen molar-refractivity contribution in [1.82, 2.24) is 20.2 Å². The van der Waals surface area contributed by atoms with Gasteiger partial charge < -0.3 is 0 Å². The first kappa shape index (κ1) is 24.5. The molecule has 1 fully saturated rings. The van der Waals surface area contributed by atoms with Crippen molar-refractivity contribution in [2.24, 2.45) is 5.10 Å². The standard InChI is InChI=1S/C25H25Cl2N5OS/c26-20-13-11-19(12-14-20)24-30-31-25(32(24)22-9-5-2-6-10-22)34-17-23(33)29-28-16-21(27)15-18-7-3-1-4-8-18/h1,3-4,7-8,11-16,22H,2,5-6,9-10,17H2,(H,29,33)/b21-15-,28-16+. The highest BCUT2D eigenvalue weighted by Crippen LogP contribution is 2.35. The first-order valence-electron chi connectivity index (χ1n) is 11.2. The molecule has 0 bridgehead atoms. The lowest BCUT2D eigenvalue weighted by molar-refractivity contribution is -0.118. The van der Waals surface area contributed by atoms with Crippen molar-refractivity contribution in [2.75, 3.05) is 5.75 Å². The summed E-state index contributed by atoms with van der Waals surface area (Å²) in [7, 11) is 0. The van der Waals surface area contributed by atoms with Crippen LogP contribution in [0.3, 0.4) is 0 Å². The second-order valence-electron chi connectivity index (χ2n) is 8.00. The summed E-state index contributed by atoms with van der Waals surface area (Å²) >= 11 is 13.6. The van der Waals surface area contributed by atoms with E-state index >= 15 is 0 Å². The van der Waals surface area contributed by atoms with Gasteiger partial charge in [-0.1, -0.05) is 84.6 Å². The third-order valence-corrected chi connectivity index (χ3v) is 6.92. The molecule has 0 radical (unpaired) electrons. The number of nitrogens with one attached hydrogen (secondary N) is 1. The van der Waals surface area contributed by atoms with Crippen LogP contribution in [0.15, 0.2) is 69.9 Å². The zero-order valence-electron chi connectivity index (χ0n) is 18.5. The lowest BCUT2D eigenvalue weighted by atomic mass is 9.95. The van der Waals surface area contributed by atoms with Gasteiger partial charge in [-0.25, -0.2) is 5.43 Å². The molecule has 0 unspecified atom stereocenters. The normalized spacial score (nSPS) is 15.1. The number of allylic oxidation sites excluding steroid dienone is 1. The maximum absolute atomic E-state index is 12.4. The number of hydrazone groups is 1. The molecule has 0 aliphatic heterocycles. The molecule has 1 aliphatic carbocycles. The zero-order valence-corrected chi connectivity index (χ0v) is 20.9. The molecule has 0 saturated heterocycles. The minimum absolute atomic E-state index is 0.169. The Labute approximate surface area is 213 Å². The van der Waals surface area contributed by atoms with Crippen molar-refractivity contribution in [1.29, 1.82) is 0 Å². The molecule has 0 spiro atoms. The third-order valence-electron chi connectivity index (χ3n) is 5.52. The monoisotopic (exact) mass is 513 g/mol. The van der Waals surface area contributed by atoms with Crippen LogP contribution in [0.2, 0.25) is 5.02 Å². The number of thioether (sulfide) groups is 1. The lowest BCUT2D eigenvalue weighted by Crippen LogP contribution is -2.20. The minimum atomic E-state index is -0.239. The summed E-state index contributed by atoms with van der Waals surface area (Å²) in [6.07, 6.45) is 8.96. The van der Waals surface area contributed by atoms with E-state index in [9.17, 15) is 4.79 Å². The molecule has 0 atom stereocenters. The minimum Gasteiger partial charge on any atom is -0.299 e. The van der Waals surface area contributed by atoms with Gasteiger partial charge in [0.15, 0.2) is 11.0 Å². The van der Waals surface area contributed by atoms with Crippen LogP contribution in [0.4, 0.5) is 0 Å². The highest BCUT2D eigenvalue weighted by atomic mass is 35.5. The summed E-state index contributed by atoms with van der Waals surface area (Å²) in [5.41, 5.74) is 4.44. The van der Waals surface area contributed by atoms with E-state index in [4.69, 9.17) is 23.2 Å². The second-order valence-corrected chi connectivity index (χ2v) is 9.81. The SMILES string of the molecule is O=C(CSc1nnc(-c2ccc(Cl)cc2)n1C1CCCCC1)N/N=C/C(Cl)=C/c1ccccc1. The van der Waals surface area contributed by atoms with Crippen molar-refractivity contribution in [3.8, 4) is 11.4 Å². The number of halogens is 2. The summed E-state index contributed by atoms with van der Waals surface area (Å²) in [6, 6.07) is 17.6. The number of benzene rings is 2. The van der Waals surface area contributed by atoms with Crippen LogP contribution < -0.4 is 5.43 Å². The van der Waals surface area contributed by atoms with Gasteiger partial charge in [0.1, 0.15) is 0 Å². The molecule has 176 valence electrons. The number of hydrogen-bond acceptors (Lipinski definition) is 5. The van der Waals surface area contributed by atoms with Crippen molar-refractivity contribution >= 4 is 53.2 Å². The molecule has 6 nitrogen and oxygen atoms in total. The maximum Gasteiger partial charge on any atom is 0.250 e. The van der Waals surface area contributed by atoms with Crippen molar-refractivity contribution in [3.63, 3.8) is 0 Å². The van der Waals surface area contributed by atoms with Crippen LogP contribution in [0.5, 0.6) is 0 Å². The molecular weight excluding hydrogens is 489 g/mol. The van der Waals surface area contributed by atoms with Gasteiger partial charge in [0.2, 0.25) is 0 Å². The van der Waals surface area contributed by atoms with Crippen molar-refractivity contribution < 1.29 is 4.79 Å². The zero-order chi connectivity index (χ0) is 23.8. The summed E-state index contributed by atoms with van der Waals surface area (Å²) in [6.45, 7) is 0. The Morgan fingerprint density at radius 3 is 2.56 bits per heavy atom. The van der Waals surface area contributed by atoms with Gasteiger partial charge in [-0.3, -0.25) is 9.36 Å². The van der Waals surface area contributed by atoms with E-state index in [0.29, 0.717) is 16.1 Å². The predicted octanol–water partition coefficient (Wildman–Crippen LogP) is 6.58. The average Bonchev–Trinajstić information content (AvgIpc) is 3.28. The van der Waals surface area contributed by atoms with Gasteiger partial charge in [0.25, 0.3) is 5.91 Å². The Hall–Kier alpha value is -2.61. The van der Waals surface area contributed by atoms with E-state index in [0.717, 1.165) is 34.9 Å². The molecule has 1 amide bonds. The Morgan fingerprint density at radius 1 is 1.09 bits per heavy atom. The Morgan fingerprint density at radius 2 is 1.82 bits per heavy atom. The quantitative estimate of drug-likeness (QED) is 0.210. The van der Waals surface area contributed by atoms with Gasteiger partial charge in [0.05, 0.1) is 17.0 Å². The molecular formula is C25H25Cl2N5OS. The molecule has 1 heterocycles. The fourth-order valence-electron chi connectivity index (χ4n) is 3.91. The number of hydrogen-bond donors (Lipinski definition) is 1. The predicted molar refractivity (Wildman–Crippen MR) is 140 cm³/mol. The lowest BCUT2D eigenvalue weighted by Gasteiger charge is -2.25. The summed E-state index contributed by atoms with van der Waals surface area (Å²) in [5, 5.41) is 14.7. The summed E-state index contributed by atoms with van der Waals surface area (Å²) in [4.78, 5) is 12.4. The van der Waals surface area contributed by atoms with Crippen LogP contribution in [0.25, 0.3) is 17.5 Å². The van der Waals surface area contributed by atoms with Gasteiger partial charge in [-0.15, -0.1) is 10.2 Å². The van der Waals surface area contributed by atoms with E-state index in [2.05, 4.69) is 25.3 Å². The third kappa shape index (κ3) is 6.72.